The Labute approximate surface area is 155 Å². The van der Waals surface area contributed by atoms with Crippen molar-refractivity contribution in [3.05, 3.63) is 65.5 Å². The lowest BCUT2D eigenvalue weighted by Gasteiger charge is -2.08. The van der Waals surface area contributed by atoms with E-state index in [2.05, 4.69) is 10.6 Å². The van der Waals surface area contributed by atoms with E-state index in [-0.39, 0.29) is 12.1 Å². The Morgan fingerprint density at radius 2 is 1.81 bits per heavy atom. The molecule has 0 atom stereocenters. The van der Waals surface area contributed by atoms with E-state index >= 15 is 0 Å². The van der Waals surface area contributed by atoms with Crippen molar-refractivity contribution in [3.8, 4) is 5.75 Å². The maximum atomic E-state index is 13.5. The number of benzene rings is 2. The van der Waals surface area contributed by atoms with E-state index in [1.54, 1.807) is 25.3 Å². The molecule has 2 aromatic carbocycles. The van der Waals surface area contributed by atoms with E-state index in [0.29, 0.717) is 5.75 Å². The zero-order chi connectivity index (χ0) is 19.6. The number of amides is 2. The molecule has 0 aliphatic rings. The van der Waals surface area contributed by atoms with E-state index in [0.717, 1.165) is 11.6 Å². The lowest BCUT2D eigenvalue weighted by molar-refractivity contribution is -0.147. The fraction of sp³-hybridized carbons (Fsp3) is 0.211. The molecule has 0 spiro atoms. The first-order valence-corrected chi connectivity index (χ1v) is 8.07. The summed E-state index contributed by atoms with van der Waals surface area (Å²) in [4.78, 5) is 35.1. The number of ether oxygens (including phenoxy) is 2. The third-order valence-electron chi connectivity index (χ3n) is 3.50. The maximum Gasteiger partial charge on any atom is 0.325 e. The highest BCUT2D eigenvalue weighted by Gasteiger charge is 2.13. The van der Waals surface area contributed by atoms with Crippen molar-refractivity contribution < 1.29 is 28.2 Å². The second-order valence-electron chi connectivity index (χ2n) is 5.45. The van der Waals surface area contributed by atoms with Gasteiger partial charge >= 0.3 is 5.97 Å². The number of esters is 1. The van der Waals surface area contributed by atoms with Gasteiger partial charge in [-0.2, -0.15) is 0 Å². The molecule has 2 aromatic rings. The van der Waals surface area contributed by atoms with Gasteiger partial charge < -0.3 is 20.1 Å². The summed E-state index contributed by atoms with van der Waals surface area (Å²) >= 11 is 0. The number of hydrogen-bond acceptors (Lipinski definition) is 5. The summed E-state index contributed by atoms with van der Waals surface area (Å²) < 4.78 is 23.3. The molecule has 8 heteroatoms. The molecule has 0 heterocycles. The van der Waals surface area contributed by atoms with Crippen molar-refractivity contribution in [1.82, 2.24) is 10.6 Å². The van der Waals surface area contributed by atoms with Crippen LogP contribution in [0.1, 0.15) is 15.9 Å². The molecule has 7 nitrogen and oxygen atoms in total. The molecular weight excluding hydrogens is 355 g/mol. The standard InChI is InChI=1S/C19H19FN2O5/c1-26-14-6-4-5-13(9-14)10-21-17(23)12-27-18(24)11-22-19(25)15-7-2-3-8-16(15)20/h2-9H,10-12H2,1H3,(H,21,23)(H,22,25). The summed E-state index contributed by atoms with van der Waals surface area (Å²) in [6.07, 6.45) is 0. The SMILES string of the molecule is COc1cccc(CNC(=O)COC(=O)CNC(=O)c2ccccc2F)c1. The van der Waals surface area contributed by atoms with E-state index in [1.165, 1.54) is 18.2 Å². The number of nitrogens with one attached hydrogen (secondary N) is 2. The lowest BCUT2D eigenvalue weighted by atomic mass is 10.2. The second kappa shape index (κ2) is 9.91. The Hall–Kier alpha value is -3.42. The molecule has 0 bridgehead atoms. The van der Waals surface area contributed by atoms with Gasteiger partial charge in [0, 0.05) is 6.54 Å². The third kappa shape index (κ3) is 6.43. The molecule has 0 aliphatic carbocycles. The number of carbonyl (C=O) groups excluding carboxylic acids is 3. The van der Waals surface area contributed by atoms with Gasteiger partial charge in [-0.05, 0) is 29.8 Å². The van der Waals surface area contributed by atoms with Crippen LogP contribution >= 0.6 is 0 Å². The molecule has 2 N–H and O–H groups in total. The van der Waals surface area contributed by atoms with Crippen LogP contribution in [0.25, 0.3) is 0 Å². The molecule has 0 saturated carbocycles. The minimum Gasteiger partial charge on any atom is -0.497 e. The minimum atomic E-state index is -0.809. The van der Waals surface area contributed by atoms with Crippen molar-refractivity contribution in [2.45, 2.75) is 6.54 Å². The number of halogens is 1. The van der Waals surface area contributed by atoms with Crippen LogP contribution in [-0.4, -0.2) is 38.0 Å². The van der Waals surface area contributed by atoms with Crippen LogP contribution < -0.4 is 15.4 Å². The highest BCUT2D eigenvalue weighted by molar-refractivity contribution is 5.96. The molecule has 27 heavy (non-hydrogen) atoms. The quantitative estimate of drug-likeness (QED) is 0.682. The van der Waals surface area contributed by atoms with Crippen LogP contribution in [0.5, 0.6) is 5.75 Å². The van der Waals surface area contributed by atoms with Crippen molar-refractivity contribution in [2.24, 2.45) is 0 Å². The van der Waals surface area contributed by atoms with E-state index in [9.17, 15) is 18.8 Å². The Balaban J connectivity index is 1.69. The van der Waals surface area contributed by atoms with Crippen LogP contribution in [0.15, 0.2) is 48.5 Å². The van der Waals surface area contributed by atoms with Gasteiger partial charge in [0.2, 0.25) is 0 Å². The van der Waals surface area contributed by atoms with Gasteiger partial charge in [0.05, 0.1) is 12.7 Å². The van der Waals surface area contributed by atoms with Gasteiger partial charge in [-0.1, -0.05) is 24.3 Å². The molecular formula is C19H19FN2O5. The first kappa shape index (κ1) is 19.9. The zero-order valence-electron chi connectivity index (χ0n) is 14.7. The van der Waals surface area contributed by atoms with Crippen LogP contribution in [0.4, 0.5) is 4.39 Å². The molecule has 0 aliphatic heterocycles. The summed E-state index contributed by atoms with van der Waals surface area (Å²) in [5, 5.41) is 4.83. The van der Waals surface area contributed by atoms with E-state index in [1.807, 2.05) is 6.07 Å². The maximum absolute atomic E-state index is 13.5. The summed E-state index contributed by atoms with van der Waals surface area (Å²) in [6, 6.07) is 12.5. The van der Waals surface area contributed by atoms with Crippen molar-refractivity contribution in [2.75, 3.05) is 20.3 Å². The Bertz CT molecular complexity index is 825. The smallest absolute Gasteiger partial charge is 0.325 e. The highest BCUT2D eigenvalue weighted by Crippen LogP contribution is 2.12. The number of rotatable bonds is 8. The molecule has 0 aromatic heterocycles. The predicted octanol–water partition coefficient (Wildman–Crippen LogP) is 1.42. The van der Waals surface area contributed by atoms with Crippen LogP contribution in [0.3, 0.4) is 0 Å². The first-order chi connectivity index (χ1) is 13.0. The topological polar surface area (TPSA) is 93.7 Å². The van der Waals surface area contributed by atoms with E-state index < -0.39 is 36.8 Å². The zero-order valence-corrected chi connectivity index (χ0v) is 14.7. The first-order valence-electron chi connectivity index (χ1n) is 8.07. The van der Waals surface area contributed by atoms with Crippen molar-refractivity contribution in [3.63, 3.8) is 0 Å². The molecule has 2 amide bonds. The average molecular weight is 374 g/mol. The van der Waals surface area contributed by atoms with Crippen LogP contribution in [-0.2, 0) is 20.9 Å². The summed E-state index contributed by atoms with van der Waals surface area (Å²) in [7, 11) is 1.54. The van der Waals surface area contributed by atoms with Crippen molar-refractivity contribution >= 4 is 17.8 Å². The molecule has 2 rings (SSSR count). The van der Waals surface area contributed by atoms with Gasteiger partial charge in [-0.15, -0.1) is 0 Å². The molecule has 0 fully saturated rings. The predicted molar refractivity (Wildman–Crippen MR) is 94.5 cm³/mol. The summed E-state index contributed by atoms with van der Waals surface area (Å²) in [5.74, 6) is -2.07. The van der Waals surface area contributed by atoms with Gasteiger partial charge in [-0.25, -0.2) is 4.39 Å². The lowest BCUT2D eigenvalue weighted by Crippen LogP contribution is -2.34. The van der Waals surface area contributed by atoms with Gasteiger partial charge in [0.25, 0.3) is 11.8 Å². The fourth-order valence-electron chi connectivity index (χ4n) is 2.12. The Kier molecular flexibility index (Phi) is 7.30. The monoisotopic (exact) mass is 374 g/mol. The molecule has 0 saturated heterocycles. The van der Waals surface area contributed by atoms with Crippen LogP contribution in [0.2, 0.25) is 0 Å². The Morgan fingerprint density at radius 1 is 1.04 bits per heavy atom. The summed E-state index contributed by atoms with van der Waals surface area (Å²) in [6.45, 7) is -0.716. The van der Waals surface area contributed by atoms with Crippen LogP contribution in [0, 0.1) is 5.82 Å². The minimum absolute atomic E-state index is 0.179. The van der Waals surface area contributed by atoms with E-state index in [4.69, 9.17) is 9.47 Å². The number of methoxy groups -OCH3 is 1. The number of carbonyl (C=O) groups is 3. The third-order valence-corrected chi connectivity index (χ3v) is 3.50. The Morgan fingerprint density at radius 3 is 2.56 bits per heavy atom. The second-order valence-corrected chi connectivity index (χ2v) is 5.45. The molecule has 0 unspecified atom stereocenters. The van der Waals surface area contributed by atoms with Gasteiger partial charge in [-0.3, -0.25) is 14.4 Å². The van der Waals surface area contributed by atoms with Gasteiger partial charge in [0.1, 0.15) is 18.1 Å². The normalized spacial score (nSPS) is 10.0. The molecule has 142 valence electrons. The number of hydrogen-bond donors (Lipinski definition) is 2. The highest BCUT2D eigenvalue weighted by atomic mass is 19.1. The summed E-state index contributed by atoms with van der Waals surface area (Å²) in [5.41, 5.74) is 0.646. The largest absolute Gasteiger partial charge is 0.497 e. The fourth-order valence-corrected chi connectivity index (χ4v) is 2.12. The average Bonchev–Trinajstić information content (AvgIpc) is 2.69. The van der Waals surface area contributed by atoms with Crippen molar-refractivity contribution in [1.29, 1.82) is 0 Å². The molecule has 0 radical (unpaired) electrons. The van der Waals surface area contributed by atoms with Gasteiger partial charge in [0.15, 0.2) is 6.61 Å².